The second kappa shape index (κ2) is 6.84. The van der Waals surface area contributed by atoms with Gasteiger partial charge in [-0.3, -0.25) is 4.79 Å². The van der Waals surface area contributed by atoms with Gasteiger partial charge in [-0.1, -0.05) is 36.4 Å². The van der Waals surface area contributed by atoms with E-state index in [1.165, 1.54) is 0 Å². The number of carbonyl (C=O) groups is 1. The Morgan fingerprint density at radius 1 is 1.00 bits per heavy atom. The molecule has 0 fully saturated rings. The number of benzene rings is 3. The van der Waals surface area contributed by atoms with Gasteiger partial charge in [-0.2, -0.15) is 0 Å². The molecule has 128 valence electrons. The summed E-state index contributed by atoms with van der Waals surface area (Å²) < 4.78 is 5.81. The maximum atomic E-state index is 12.1. The number of oxazole rings is 1. The van der Waals surface area contributed by atoms with Crippen LogP contribution in [0.3, 0.4) is 0 Å². The number of aryl methyl sites for hydroxylation is 1. The molecular formula is C22H18N2O2. The minimum absolute atomic E-state index is 0.0405. The molecule has 1 amide bonds. The van der Waals surface area contributed by atoms with E-state index in [0.29, 0.717) is 12.3 Å². The topological polar surface area (TPSA) is 55.1 Å². The molecule has 0 bridgehead atoms. The average Bonchev–Trinajstić information content (AvgIpc) is 3.06. The smallest absolute Gasteiger partial charge is 0.228 e. The Labute approximate surface area is 151 Å². The zero-order valence-electron chi connectivity index (χ0n) is 14.4. The summed E-state index contributed by atoms with van der Waals surface area (Å²) in [5.74, 6) is 0.536. The van der Waals surface area contributed by atoms with Gasteiger partial charge in [0.05, 0.1) is 6.42 Å². The van der Waals surface area contributed by atoms with Gasteiger partial charge in [0.25, 0.3) is 0 Å². The Balaban J connectivity index is 1.48. The molecule has 0 aliphatic rings. The van der Waals surface area contributed by atoms with Gasteiger partial charge in [-0.15, -0.1) is 0 Å². The number of rotatable bonds is 4. The molecule has 0 saturated heterocycles. The maximum Gasteiger partial charge on any atom is 0.228 e. The van der Waals surface area contributed by atoms with Crippen molar-refractivity contribution >= 4 is 22.7 Å². The molecule has 3 aromatic carbocycles. The fourth-order valence-electron chi connectivity index (χ4n) is 2.84. The van der Waals surface area contributed by atoms with E-state index in [2.05, 4.69) is 10.3 Å². The summed E-state index contributed by atoms with van der Waals surface area (Å²) in [6.07, 6.45) is 0.354. The van der Waals surface area contributed by atoms with E-state index in [9.17, 15) is 4.79 Å². The van der Waals surface area contributed by atoms with Crippen LogP contribution in [0, 0.1) is 6.92 Å². The second-order valence-corrected chi connectivity index (χ2v) is 6.28. The Morgan fingerprint density at radius 2 is 1.77 bits per heavy atom. The summed E-state index contributed by atoms with van der Waals surface area (Å²) >= 11 is 0. The Morgan fingerprint density at radius 3 is 2.54 bits per heavy atom. The zero-order valence-corrected chi connectivity index (χ0v) is 14.4. The van der Waals surface area contributed by atoms with Crippen LogP contribution >= 0.6 is 0 Å². The van der Waals surface area contributed by atoms with Gasteiger partial charge < -0.3 is 9.73 Å². The predicted molar refractivity (Wildman–Crippen MR) is 103 cm³/mol. The number of amides is 1. The monoisotopic (exact) mass is 342 g/mol. The van der Waals surface area contributed by atoms with Crippen LogP contribution in [-0.2, 0) is 11.2 Å². The molecule has 4 aromatic rings. The molecule has 0 atom stereocenters. The molecule has 1 N–H and O–H groups in total. The first-order chi connectivity index (χ1) is 12.7. The number of hydrogen-bond donors (Lipinski definition) is 1. The van der Waals surface area contributed by atoms with Crippen LogP contribution in [0.5, 0.6) is 0 Å². The van der Waals surface area contributed by atoms with Crippen LogP contribution < -0.4 is 5.32 Å². The molecule has 0 unspecified atom stereocenters. The van der Waals surface area contributed by atoms with Crippen molar-refractivity contribution in [2.45, 2.75) is 13.3 Å². The van der Waals surface area contributed by atoms with Crippen molar-refractivity contribution in [1.29, 1.82) is 0 Å². The normalized spacial score (nSPS) is 10.8. The lowest BCUT2D eigenvalue weighted by atomic mass is 10.1. The van der Waals surface area contributed by atoms with E-state index in [4.69, 9.17) is 4.42 Å². The van der Waals surface area contributed by atoms with Gasteiger partial charge in [0, 0.05) is 11.3 Å². The molecule has 1 heterocycles. The van der Waals surface area contributed by atoms with E-state index in [1.54, 1.807) is 0 Å². The lowest BCUT2D eigenvalue weighted by Crippen LogP contribution is -2.14. The second-order valence-electron chi connectivity index (χ2n) is 6.28. The van der Waals surface area contributed by atoms with Gasteiger partial charge in [0.2, 0.25) is 11.8 Å². The Bertz CT molecular complexity index is 1050. The fourth-order valence-corrected chi connectivity index (χ4v) is 2.84. The Kier molecular flexibility index (Phi) is 4.23. The highest BCUT2D eigenvalue weighted by atomic mass is 16.3. The van der Waals surface area contributed by atoms with E-state index in [0.717, 1.165) is 33.5 Å². The molecule has 0 radical (unpaired) electrons. The van der Waals surface area contributed by atoms with Crippen LogP contribution in [0.15, 0.2) is 77.2 Å². The van der Waals surface area contributed by atoms with Gasteiger partial charge in [-0.25, -0.2) is 4.98 Å². The number of hydrogen-bond acceptors (Lipinski definition) is 3. The van der Waals surface area contributed by atoms with Crippen molar-refractivity contribution < 1.29 is 9.21 Å². The van der Waals surface area contributed by atoms with Crippen molar-refractivity contribution in [1.82, 2.24) is 4.98 Å². The number of carbonyl (C=O) groups excluding carboxylic acids is 1. The van der Waals surface area contributed by atoms with E-state index in [-0.39, 0.29) is 5.91 Å². The molecule has 4 rings (SSSR count). The molecule has 0 saturated carbocycles. The molecule has 1 aromatic heterocycles. The van der Waals surface area contributed by atoms with Crippen LogP contribution in [0.4, 0.5) is 5.69 Å². The van der Waals surface area contributed by atoms with Crippen molar-refractivity contribution in [2.24, 2.45) is 0 Å². The molecule has 26 heavy (non-hydrogen) atoms. The van der Waals surface area contributed by atoms with Gasteiger partial charge >= 0.3 is 0 Å². The zero-order chi connectivity index (χ0) is 17.9. The van der Waals surface area contributed by atoms with Gasteiger partial charge in [-0.05, 0) is 54.4 Å². The third-order valence-corrected chi connectivity index (χ3v) is 4.17. The van der Waals surface area contributed by atoms with E-state index in [1.807, 2.05) is 79.7 Å². The predicted octanol–water partition coefficient (Wildman–Crippen LogP) is 4.98. The molecule has 0 aliphatic heterocycles. The molecule has 4 nitrogen and oxygen atoms in total. The van der Waals surface area contributed by atoms with Crippen LogP contribution in [-0.4, -0.2) is 10.9 Å². The highest BCUT2D eigenvalue weighted by molar-refractivity contribution is 5.92. The molecule has 0 spiro atoms. The van der Waals surface area contributed by atoms with E-state index >= 15 is 0 Å². The van der Waals surface area contributed by atoms with Crippen LogP contribution in [0.25, 0.3) is 22.6 Å². The molecular weight excluding hydrogens is 324 g/mol. The largest absolute Gasteiger partial charge is 0.436 e. The summed E-state index contributed by atoms with van der Waals surface area (Å²) in [5, 5.41) is 2.91. The summed E-state index contributed by atoms with van der Waals surface area (Å²) in [6, 6.07) is 23.1. The first-order valence-corrected chi connectivity index (χ1v) is 8.49. The molecule has 4 heteroatoms. The number of nitrogens with one attached hydrogen (secondary N) is 1. The molecule has 0 aliphatic carbocycles. The fraction of sp³-hybridized carbons (Fsp3) is 0.0909. The quantitative estimate of drug-likeness (QED) is 0.569. The van der Waals surface area contributed by atoms with Crippen molar-refractivity contribution in [3.05, 3.63) is 83.9 Å². The minimum Gasteiger partial charge on any atom is -0.436 e. The average molecular weight is 342 g/mol. The van der Waals surface area contributed by atoms with Crippen LogP contribution in [0.1, 0.15) is 11.1 Å². The number of aromatic nitrogens is 1. The van der Waals surface area contributed by atoms with E-state index < -0.39 is 0 Å². The number of nitrogens with zero attached hydrogens (tertiary/aromatic N) is 1. The summed E-state index contributed by atoms with van der Waals surface area (Å²) in [4.78, 5) is 16.7. The third-order valence-electron chi connectivity index (χ3n) is 4.17. The summed E-state index contributed by atoms with van der Waals surface area (Å²) in [7, 11) is 0. The van der Waals surface area contributed by atoms with Crippen LogP contribution in [0.2, 0.25) is 0 Å². The Hall–Kier alpha value is -3.40. The summed E-state index contributed by atoms with van der Waals surface area (Å²) in [6.45, 7) is 2.03. The van der Waals surface area contributed by atoms with Gasteiger partial charge in [0.15, 0.2) is 5.58 Å². The summed E-state index contributed by atoms with van der Waals surface area (Å²) in [5.41, 5.74) is 5.38. The SMILES string of the molecule is Cc1ccc2oc(-c3ccc(NC(=O)Cc4ccccc4)cc3)nc2c1. The first-order valence-electron chi connectivity index (χ1n) is 8.49. The third kappa shape index (κ3) is 3.49. The first kappa shape index (κ1) is 16.1. The lowest BCUT2D eigenvalue weighted by molar-refractivity contribution is -0.115. The van der Waals surface area contributed by atoms with Gasteiger partial charge in [0.1, 0.15) is 5.52 Å². The maximum absolute atomic E-state index is 12.1. The van der Waals surface area contributed by atoms with Crippen molar-refractivity contribution in [3.8, 4) is 11.5 Å². The standard InChI is InChI=1S/C22H18N2O2/c1-15-7-12-20-19(13-15)24-22(26-20)17-8-10-18(11-9-17)23-21(25)14-16-5-3-2-4-6-16/h2-13H,14H2,1H3,(H,23,25). The highest BCUT2D eigenvalue weighted by Gasteiger charge is 2.09. The minimum atomic E-state index is -0.0405. The lowest BCUT2D eigenvalue weighted by Gasteiger charge is -2.06. The van der Waals surface area contributed by atoms with Crippen molar-refractivity contribution in [3.63, 3.8) is 0 Å². The number of fused-ring (bicyclic) bond motifs is 1. The highest BCUT2D eigenvalue weighted by Crippen LogP contribution is 2.26. The number of anilines is 1. The van der Waals surface area contributed by atoms with Crippen molar-refractivity contribution in [2.75, 3.05) is 5.32 Å².